The monoisotopic (exact) mass is 380 g/mol. The summed E-state index contributed by atoms with van der Waals surface area (Å²) >= 11 is 0. The highest BCUT2D eigenvalue weighted by molar-refractivity contribution is 5.33. The molecule has 2 rings (SSSR count). The van der Waals surface area contributed by atoms with Crippen molar-refractivity contribution in [3.8, 4) is 5.75 Å². The van der Waals surface area contributed by atoms with Crippen molar-refractivity contribution in [1.82, 2.24) is 0 Å². The normalized spacial score (nSPS) is 10.9. The summed E-state index contributed by atoms with van der Waals surface area (Å²) in [4.78, 5) is 0. The van der Waals surface area contributed by atoms with Gasteiger partial charge in [0.15, 0.2) is 0 Å². The van der Waals surface area contributed by atoms with Crippen LogP contribution in [0.2, 0.25) is 0 Å². The van der Waals surface area contributed by atoms with Crippen molar-refractivity contribution in [3.05, 3.63) is 65.2 Å². The van der Waals surface area contributed by atoms with Gasteiger partial charge in [-0.3, -0.25) is 0 Å². The third-order valence-electron chi connectivity index (χ3n) is 5.46. The second kappa shape index (κ2) is 14.3. The molecular weight excluding hydrogens is 340 g/mol. The van der Waals surface area contributed by atoms with Gasteiger partial charge in [0.05, 0.1) is 6.61 Å². The molecule has 154 valence electrons. The molecule has 28 heavy (non-hydrogen) atoms. The van der Waals surface area contributed by atoms with Crippen LogP contribution in [0.25, 0.3) is 0 Å². The van der Waals surface area contributed by atoms with E-state index in [0.29, 0.717) is 0 Å². The molecule has 0 bridgehead atoms. The fourth-order valence-corrected chi connectivity index (χ4v) is 3.79. The first-order chi connectivity index (χ1) is 13.8. The maximum Gasteiger partial charge on any atom is 0.119 e. The summed E-state index contributed by atoms with van der Waals surface area (Å²) in [5.41, 5.74) is 4.17. The van der Waals surface area contributed by atoms with Crippen LogP contribution in [0.3, 0.4) is 0 Å². The Morgan fingerprint density at radius 1 is 0.607 bits per heavy atom. The van der Waals surface area contributed by atoms with Gasteiger partial charge in [0, 0.05) is 0 Å². The Bertz CT molecular complexity index is 629. The molecular formula is C27H40O. The molecule has 0 unspecified atom stereocenters. The Kier molecular flexibility index (Phi) is 11.5. The van der Waals surface area contributed by atoms with Gasteiger partial charge < -0.3 is 4.74 Å². The summed E-state index contributed by atoms with van der Waals surface area (Å²) in [5.74, 6) is 0.970. The van der Waals surface area contributed by atoms with E-state index in [-0.39, 0.29) is 0 Å². The molecule has 0 spiro atoms. The van der Waals surface area contributed by atoms with Crippen molar-refractivity contribution >= 4 is 0 Å². The molecule has 0 atom stereocenters. The minimum absolute atomic E-state index is 0.719. The van der Waals surface area contributed by atoms with Gasteiger partial charge in [0.2, 0.25) is 0 Å². The van der Waals surface area contributed by atoms with Crippen LogP contribution in [0.15, 0.2) is 48.5 Å². The first-order valence-electron chi connectivity index (χ1n) is 11.6. The minimum Gasteiger partial charge on any atom is -0.494 e. The summed E-state index contributed by atoms with van der Waals surface area (Å²) in [7, 11) is 0. The number of aryl methyl sites for hydroxylation is 1. The lowest BCUT2D eigenvalue weighted by Gasteiger charge is -2.07. The molecule has 1 nitrogen and oxygen atoms in total. The number of hydrogen-bond donors (Lipinski definition) is 0. The highest BCUT2D eigenvalue weighted by atomic mass is 16.5. The van der Waals surface area contributed by atoms with E-state index in [0.717, 1.165) is 18.8 Å². The van der Waals surface area contributed by atoms with Crippen LogP contribution in [0.4, 0.5) is 0 Å². The third-order valence-corrected chi connectivity index (χ3v) is 5.46. The van der Waals surface area contributed by atoms with Gasteiger partial charge >= 0.3 is 0 Å². The molecule has 2 aromatic carbocycles. The second-order valence-corrected chi connectivity index (χ2v) is 8.01. The summed E-state index contributed by atoms with van der Waals surface area (Å²) < 4.78 is 5.60. The molecule has 0 aliphatic rings. The van der Waals surface area contributed by atoms with E-state index in [2.05, 4.69) is 49.4 Å². The van der Waals surface area contributed by atoms with E-state index in [9.17, 15) is 0 Å². The number of rotatable bonds is 15. The molecule has 0 aliphatic heterocycles. The van der Waals surface area contributed by atoms with Crippen LogP contribution in [0, 0.1) is 0 Å². The maximum absolute atomic E-state index is 5.60. The molecule has 0 radical (unpaired) electrons. The minimum atomic E-state index is 0.719. The summed E-state index contributed by atoms with van der Waals surface area (Å²) in [6.07, 6.45) is 16.2. The lowest BCUT2D eigenvalue weighted by Crippen LogP contribution is -1.94. The third kappa shape index (κ3) is 9.44. The zero-order valence-electron chi connectivity index (χ0n) is 18.2. The van der Waals surface area contributed by atoms with Crippen molar-refractivity contribution in [2.24, 2.45) is 0 Å². The first-order valence-corrected chi connectivity index (χ1v) is 11.6. The zero-order valence-corrected chi connectivity index (χ0v) is 18.2. The van der Waals surface area contributed by atoms with Crippen LogP contribution < -0.4 is 4.74 Å². The molecule has 0 heterocycles. The fraction of sp³-hybridized carbons (Fsp3) is 0.556. The largest absolute Gasteiger partial charge is 0.494 e. The van der Waals surface area contributed by atoms with Gasteiger partial charge in [-0.05, 0) is 55.0 Å². The Morgan fingerprint density at radius 2 is 1.21 bits per heavy atom. The Hall–Kier alpha value is -1.76. The molecule has 0 N–H and O–H groups in total. The van der Waals surface area contributed by atoms with Crippen LogP contribution in [-0.4, -0.2) is 6.61 Å². The average Bonchev–Trinajstić information content (AvgIpc) is 2.71. The number of ether oxygens (including phenoxy) is 1. The summed E-state index contributed by atoms with van der Waals surface area (Å²) in [5, 5.41) is 0. The topological polar surface area (TPSA) is 9.23 Å². The number of hydrogen-bond acceptors (Lipinski definition) is 1. The van der Waals surface area contributed by atoms with Crippen molar-refractivity contribution in [3.63, 3.8) is 0 Å². The Balaban J connectivity index is 1.60. The molecule has 2 aromatic rings. The van der Waals surface area contributed by atoms with Crippen LogP contribution in [-0.2, 0) is 12.8 Å². The van der Waals surface area contributed by atoms with E-state index >= 15 is 0 Å². The first kappa shape index (κ1) is 22.5. The van der Waals surface area contributed by atoms with E-state index in [4.69, 9.17) is 4.74 Å². The van der Waals surface area contributed by atoms with Gasteiger partial charge in [-0.1, -0.05) is 101 Å². The average molecular weight is 381 g/mol. The van der Waals surface area contributed by atoms with Crippen molar-refractivity contribution < 1.29 is 4.74 Å². The predicted octanol–water partition coefficient (Wildman–Crippen LogP) is 8.14. The predicted molar refractivity (Wildman–Crippen MR) is 122 cm³/mol. The van der Waals surface area contributed by atoms with Gasteiger partial charge in [-0.15, -0.1) is 0 Å². The number of unbranched alkanes of at least 4 members (excludes halogenated alkanes) is 9. The molecule has 0 saturated heterocycles. The van der Waals surface area contributed by atoms with Crippen molar-refractivity contribution in [2.45, 2.75) is 90.9 Å². The van der Waals surface area contributed by atoms with Crippen molar-refractivity contribution in [1.29, 1.82) is 0 Å². The van der Waals surface area contributed by atoms with E-state index < -0.39 is 0 Å². The fourth-order valence-electron chi connectivity index (χ4n) is 3.79. The van der Waals surface area contributed by atoms with Crippen molar-refractivity contribution in [2.75, 3.05) is 6.61 Å². The molecule has 0 aliphatic carbocycles. The maximum atomic E-state index is 5.60. The second-order valence-electron chi connectivity index (χ2n) is 8.01. The quantitative estimate of drug-likeness (QED) is 0.283. The van der Waals surface area contributed by atoms with Gasteiger partial charge in [0.25, 0.3) is 0 Å². The lowest BCUT2D eigenvalue weighted by atomic mass is 10.0. The Labute approximate surface area is 173 Å². The molecule has 0 amide bonds. The van der Waals surface area contributed by atoms with Crippen LogP contribution >= 0.6 is 0 Å². The highest BCUT2D eigenvalue weighted by Crippen LogP contribution is 2.18. The molecule has 0 aromatic heterocycles. The zero-order chi connectivity index (χ0) is 19.9. The molecule has 0 fully saturated rings. The molecule has 0 saturated carbocycles. The van der Waals surface area contributed by atoms with Gasteiger partial charge in [0.1, 0.15) is 5.75 Å². The lowest BCUT2D eigenvalue weighted by molar-refractivity contribution is 0.340. The van der Waals surface area contributed by atoms with Gasteiger partial charge in [-0.25, -0.2) is 0 Å². The van der Waals surface area contributed by atoms with Crippen LogP contribution in [0.1, 0.15) is 94.7 Å². The van der Waals surface area contributed by atoms with Crippen LogP contribution in [0.5, 0.6) is 5.75 Å². The van der Waals surface area contributed by atoms with E-state index in [1.807, 2.05) is 13.0 Å². The van der Waals surface area contributed by atoms with E-state index in [1.54, 1.807) is 0 Å². The summed E-state index contributed by atoms with van der Waals surface area (Å²) in [6.45, 7) is 5.03. The SMILES string of the molecule is CCCCCCCCCCCCc1ccc(Cc2cccc(OCC)c2)cc1. The highest BCUT2D eigenvalue weighted by Gasteiger charge is 2.00. The molecule has 1 heteroatoms. The van der Waals surface area contributed by atoms with Gasteiger partial charge in [-0.2, -0.15) is 0 Å². The number of benzene rings is 2. The Morgan fingerprint density at radius 3 is 1.86 bits per heavy atom. The standard InChI is InChI=1S/C27H40O/c1-3-5-6-7-8-9-10-11-12-13-15-24-18-20-25(21-19-24)22-26-16-14-17-27(23-26)28-4-2/h14,16-21,23H,3-13,15,22H2,1-2H3. The smallest absolute Gasteiger partial charge is 0.119 e. The van der Waals surface area contributed by atoms with E-state index in [1.165, 1.54) is 87.3 Å². The summed E-state index contributed by atoms with van der Waals surface area (Å²) in [6, 6.07) is 17.7.